The number of ketones is 3. The van der Waals surface area contributed by atoms with E-state index >= 15 is 0 Å². The van der Waals surface area contributed by atoms with E-state index in [0.717, 1.165) is 25.7 Å². The third kappa shape index (κ3) is 6.37. The fraction of sp³-hybridized carbons (Fsp3) is 0.500. The zero-order valence-corrected chi connectivity index (χ0v) is 27.7. The van der Waals surface area contributed by atoms with E-state index in [1.165, 1.54) is 25.3 Å². The Morgan fingerprint density at radius 3 is 2.56 bits per heavy atom. The van der Waals surface area contributed by atoms with Crippen molar-refractivity contribution in [2.24, 2.45) is 0 Å². The van der Waals surface area contributed by atoms with Gasteiger partial charge in [0.1, 0.15) is 41.7 Å². The highest BCUT2D eigenvalue weighted by atomic mass is 16.7. The highest BCUT2D eigenvalue weighted by Crippen LogP contribution is 2.52. The number of alkyl carbamates (subject to hydrolysis) is 1. The van der Waals surface area contributed by atoms with Gasteiger partial charge < -0.3 is 49.8 Å². The molecule has 1 aliphatic heterocycles. The van der Waals surface area contributed by atoms with Crippen LogP contribution in [0.4, 0.5) is 4.79 Å². The first-order valence-electron chi connectivity index (χ1n) is 16.7. The molecule has 50 heavy (non-hydrogen) atoms. The number of carbonyl (C=O) groups excluding carboxylic acids is 4. The summed E-state index contributed by atoms with van der Waals surface area (Å²) >= 11 is 0. The van der Waals surface area contributed by atoms with Gasteiger partial charge in [0.25, 0.3) is 0 Å². The Morgan fingerprint density at radius 2 is 1.82 bits per heavy atom. The first-order chi connectivity index (χ1) is 23.9. The normalized spacial score (nSPS) is 29.8. The van der Waals surface area contributed by atoms with Crippen LogP contribution in [-0.2, 0) is 25.4 Å². The van der Waals surface area contributed by atoms with Gasteiger partial charge in [-0.25, -0.2) is 4.79 Å². The average Bonchev–Trinajstić information content (AvgIpc) is 3.07. The zero-order valence-electron chi connectivity index (χ0n) is 27.7. The summed E-state index contributed by atoms with van der Waals surface area (Å²) in [6.45, 7) is 0.487. The number of benzene rings is 2. The van der Waals surface area contributed by atoms with Crippen molar-refractivity contribution in [3.05, 3.63) is 63.7 Å². The van der Waals surface area contributed by atoms with Crippen LogP contribution in [0.15, 0.2) is 30.4 Å². The molecule has 1 fully saturated rings. The van der Waals surface area contributed by atoms with Crippen LogP contribution in [0.5, 0.6) is 17.2 Å². The summed E-state index contributed by atoms with van der Waals surface area (Å²) in [6, 6.07) is 3.41. The Balaban J connectivity index is 1.33. The molecule has 0 saturated carbocycles. The van der Waals surface area contributed by atoms with Gasteiger partial charge in [0.2, 0.25) is 5.78 Å². The molecule has 1 heterocycles. The molecule has 1 amide bonds. The van der Waals surface area contributed by atoms with Crippen LogP contribution in [0, 0.1) is 0 Å². The van der Waals surface area contributed by atoms with Crippen molar-refractivity contribution < 1.29 is 63.7 Å². The van der Waals surface area contributed by atoms with Crippen LogP contribution in [0.3, 0.4) is 0 Å². The molecular weight excluding hydrogens is 654 g/mol. The monoisotopic (exact) mass is 695 g/mol. The molecule has 2 aromatic rings. The Hall–Kier alpha value is -4.34. The summed E-state index contributed by atoms with van der Waals surface area (Å²) in [7, 11) is 1.31. The van der Waals surface area contributed by atoms with Crippen molar-refractivity contribution in [3.8, 4) is 17.2 Å². The lowest BCUT2D eigenvalue weighted by Crippen LogP contribution is -2.56. The molecule has 6 rings (SSSR count). The van der Waals surface area contributed by atoms with Gasteiger partial charge in [0.05, 0.1) is 42.0 Å². The first-order valence-corrected chi connectivity index (χ1v) is 16.7. The lowest BCUT2D eigenvalue weighted by molar-refractivity contribution is -0.249. The molecular formula is C36H41NO13. The van der Waals surface area contributed by atoms with Crippen LogP contribution in [0.1, 0.15) is 101 Å². The second-order valence-electron chi connectivity index (χ2n) is 13.3. The minimum atomic E-state index is -2.32. The van der Waals surface area contributed by atoms with E-state index in [4.69, 9.17) is 18.9 Å². The predicted molar refractivity (Wildman–Crippen MR) is 173 cm³/mol. The minimum absolute atomic E-state index is 0.0737. The Morgan fingerprint density at radius 1 is 1.06 bits per heavy atom. The van der Waals surface area contributed by atoms with E-state index in [1.807, 2.05) is 12.2 Å². The van der Waals surface area contributed by atoms with E-state index in [0.29, 0.717) is 6.42 Å². The number of amides is 1. The van der Waals surface area contributed by atoms with E-state index in [-0.39, 0.29) is 34.4 Å². The number of carbonyl (C=O) groups is 4. The van der Waals surface area contributed by atoms with E-state index in [9.17, 15) is 44.7 Å². The van der Waals surface area contributed by atoms with E-state index < -0.39 is 108 Å². The van der Waals surface area contributed by atoms with Crippen LogP contribution < -0.4 is 10.1 Å². The number of methoxy groups -OCH3 is 1. The predicted octanol–water partition coefficient (Wildman–Crippen LogP) is 2.66. The highest BCUT2D eigenvalue weighted by molar-refractivity contribution is 6.31. The van der Waals surface area contributed by atoms with Crippen molar-refractivity contribution in [2.75, 3.05) is 13.7 Å². The summed E-state index contributed by atoms with van der Waals surface area (Å²) in [5, 5.41) is 58.1. The molecule has 0 radical (unpaired) electrons. The molecule has 0 bridgehead atoms. The first kappa shape index (κ1) is 35.5. The Kier molecular flexibility index (Phi) is 10.0. The molecule has 3 aliphatic carbocycles. The fourth-order valence-electron chi connectivity index (χ4n) is 7.41. The number of hydrogen-bond acceptors (Lipinski definition) is 13. The fourth-order valence-corrected chi connectivity index (χ4v) is 7.41. The third-order valence-electron chi connectivity index (χ3n) is 10.0. The number of fused-ring (bicyclic) bond motifs is 3. The number of aliphatic hydroxyl groups excluding tert-OH is 2. The van der Waals surface area contributed by atoms with Gasteiger partial charge in [0, 0.05) is 36.0 Å². The lowest BCUT2D eigenvalue weighted by atomic mass is 9.72. The van der Waals surface area contributed by atoms with E-state index in [2.05, 4.69) is 5.32 Å². The molecule has 2 aromatic carbocycles. The molecule has 0 unspecified atom stereocenters. The molecule has 14 heteroatoms. The Labute approximate surface area is 287 Å². The third-order valence-corrected chi connectivity index (χ3v) is 10.0. The van der Waals surface area contributed by atoms with Crippen LogP contribution >= 0.6 is 0 Å². The van der Waals surface area contributed by atoms with Crippen molar-refractivity contribution in [2.45, 2.75) is 101 Å². The number of phenolic OH excluding ortho intramolecular Hbond substituents is 2. The number of hydrogen-bond donors (Lipinski definition) is 6. The SMILES string of the molecule is COc1cccc2c1C(=O)c1c(O)c3c(c(O)c1C2=O)C[C@@](O)(C(=O)CO)C[C@@H]3O[C@H]1C[C@H](NC(=O)O[C@H]2/C=C\CCCCC2)[C@H](O)[C@H](C)O1. The van der Waals surface area contributed by atoms with Crippen molar-refractivity contribution in [3.63, 3.8) is 0 Å². The number of allylic oxidation sites excluding steroid dienone is 1. The maximum absolute atomic E-state index is 13.9. The number of aromatic hydroxyl groups is 2. The molecule has 6 N–H and O–H groups in total. The molecule has 14 nitrogen and oxygen atoms in total. The quantitative estimate of drug-likeness (QED) is 0.155. The standard InChI is InChI=1S/C36H41NO13/c1-17-30(40)21(37-35(45)49-18-9-6-4-3-5-7-10-18)13-25(48-17)50-23-15-36(46,24(39)16-38)14-20-27(23)34(44)29-28(32(20)42)31(41)19-11-8-12-22(47-2)26(19)33(29)43/h6,8-9,11-12,17-18,21,23,25,30,38,40,42,44,46H,3-5,7,10,13-16H2,1-2H3,(H,37,45)/b9-6-/t17-,18-,21-,23-,25-,30+,36-/m0/s1. The molecule has 7 atom stereocenters. The number of ether oxygens (including phenoxy) is 4. The zero-order chi connectivity index (χ0) is 35.9. The van der Waals surface area contributed by atoms with Gasteiger partial charge in [-0.15, -0.1) is 0 Å². The van der Waals surface area contributed by atoms with Gasteiger partial charge >= 0.3 is 6.09 Å². The largest absolute Gasteiger partial charge is 0.507 e. The van der Waals surface area contributed by atoms with Gasteiger partial charge in [0.15, 0.2) is 17.9 Å². The Bertz CT molecular complexity index is 1740. The maximum Gasteiger partial charge on any atom is 0.408 e. The van der Waals surface area contributed by atoms with Gasteiger partial charge in [-0.3, -0.25) is 14.4 Å². The minimum Gasteiger partial charge on any atom is -0.507 e. The number of rotatable bonds is 7. The van der Waals surface area contributed by atoms with Crippen LogP contribution in [0.2, 0.25) is 0 Å². The van der Waals surface area contributed by atoms with Crippen molar-refractivity contribution in [1.82, 2.24) is 5.32 Å². The molecule has 4 aliphatic rings. The van der Waals surface area contributed by atoms with Crippen molar-refractivity contribution >= 4 is 23.4 Å². The second kappa shape index (κ2) is 14.1. The summed E-state index contributed by atoms with van der Waals surface area (Å²) in [4.78, 5) is 53.4. The van der Waals surface area contributed by atoms with Crippen molar-refractivity contribution in [1.29, 1.82) is 0 Å². The highest BCUT2D eigenvalue weighted by Gasteiger charge is 2.50. The summed E-state index contributed by atoms with van der Waals surface area (Å²) in [5.74, 6) is -3.98. The van der Waals surface area contributed by atoms with E-state index in [1.54, 1.807) is 6.92 Å². The number of nitrogens with one attached hydrogen (secondary N) is 1. The summed E-state index contributed by atoms with van der Waals surface area (Å²) in [5.41, 5.74) is -3.93. The number of aliphatic hydroxyl groups is 3. The average molecular weight is 696 g/mol. The molecule has 0 aromatic heterocycles. The molecule has 1 saturated heterocycles. The number of phenols is 2. The van der Waals surface area contributed by atoms with Gasteiger partial charge in [-0.05, 0) is 44.7 Å². The van der Waals surface area contributed by atoms with Gasteiger partial charge in [-0.2, -0.15) is 0 Å². The number of Topliss-reactive ketones (excluding diaryl/α,β-unsaturated/α-hetero) is 1. The smallest absolute Gasteiger partial charge is 0.408 e. The molecule has 0 spiro atoms. The summed E-state index contributed by atoms with van der Waals surface area (Å²) < 4.78 is 23.0. The molecule has 268 valence electrons. The van der Waals surface area contributed by atoms with Crippen LogP contribution in [-0.4, -0.2) is 98.9 Å². The lowest BCUT2D eigenvalue weighted by Gasteiger charge is -2.42. The summed E-state index contributed by atoms with van der Waals surface area (Å²) in [6.07, 6.45) is 1.13. The maximum atomic E-state index is 13.9. The van der Waals surface area contributed by atoms with Gasteiger partial charge in [-0.1, -0.05) is 24.6 Å². The van der Waals surface area contributed by atoms with Crippen LogP contribution in [0.25, 0.3) is 0 Å². The second-order valence-corrected chi connectivity index (χ2v) is 13.3. The topological polar surface area (TPSA) is 218 Å².